The summed E-state index contributed by atoms with van der Waals surface area (Å²) in [6.45, 7) is 0.635. The molecule has 0 atom stereocenters. The highest BCUT2D eigenvalue weighted by atomic mass is 35.5. The smallest absolute Gasteiger partial charge is 0.293 e. The average Bonchev–Trinajstić information content (AvgIpc) is 2.15. The Kier molecular flexibility index (Phi) is 4.50. The Morgan fingerprint density at radius 1 is 1.36 bits per heavy atom. The first-order valence-electron chi connectivity index (χ1n) is 3.91. The number of halogens is 2. The fourth-order valence-corrected chi connectivity index (χ4v) is 1.38. The predicted octanol–water partition coefficient (Wildman–Crippen LogP) is 3.18. The van der Waals surface area contributed by atoms with Gasteiger partial charge in [-0.15, -0.1) is 0 Å². The van der Waals surface area contributed by atoms with E-state index in [-0.39, 0.29) is 6.61 Å². The van der Waals surface area contributed by atoms with Gasteiger partial charge in [-0.3, -0.25) is 4.79 Å². The Hall–Kier alpha value is -0.990. The van der Waals surface area contributed by atoms with Crippen molar-refractivity contribution in [1.29, 1.82) is 0 Å². The molecule has 14 heavy (non-hydrogen) atoms. The van der Waals surface area contributed by atoms with E-state index in [0.717, 1.165) is 5.56 Å². The molecule has 2 nitrogen and oxygen atoms in total. The van der Waals surface area contributed by atoms with Crippen LogP contribution in [0.3, 0.4) is 0 Å². The van der Waals surface area contributed by atoms with E-state index in [9.17, 15) is 4.79 Å². The van der Waals surface area contributed by atoms with E-state index in [2.05, 4.69) is 4.74 Å². The van der Waals surface area contributed by atoms with Gasteiger partial charge in [-0.25, -0.2) is 0 Å². The summed E-state index contributed by atoms with van der Waals surface area (Å²) in [7, 11) is 0. The molecule has 0 N–H and O–H groups in total. The Labute approximate surface area is 92.1 Å². The van der Waals surface area contributed by atoms with Gasteiger partial charge in [0.1, 0.15) is 6.61 Å². The molecule has 1 aromatic carbocycles. The maximum Gasteiger partial charge on any atom is 0.293 e. The zero-order valence-corrected chi connectivity index (χ0v) is 8.76. The van der Waals surface area contributed by atoms with Crippen LogP contribution < -0.4 is 0 Å². The molecule has 0 fully saturated rings. The van der Waals surface area contributed by atoms with Crippen LogP contribution in [0.1, 0.15) is 5.56 Å². The summed E-state index contributed by atoms with van der Waals surface area (Å²) in [5.74, 6) is 0. The molecular formula is C10H8Cl2O2. The van der Waals surface area contributed by atoms with Crippen molar-refractivity contribution < 1.29 is 9.53 Å². The van der Waals surface area contributed by atoms with E-state index >= 15 is 0 Å². The first-order valence-corrected chi connectivity index (χ1v) is 4.66. The van der Waals surface area contributed by atoms with Crippen molar-refractivity contribution in [3.63, 3.8) is 0 Å². The topological polar surface area (TPSA) is 26.3 Å². The second kappa shape index (κ2) is 5.68. The van der Waals surface area contributed by atoms with Gasteiger partial charge in [-0.2, -0.15) is 0 Å². The quantitative estimate of drug-likeness (QED) is 0.587. The number of hydrogen-bond donors (Lipinski definition) is 0. The van der Waals surface area contributed by atoms with Crippen LogP contribution in [0.4, 0.5) is 0 Å². The Morgan fingerprint density at radius 2 is 2.14 bits per heavy atom. The van der Waals surface area contributed by atoms with Crippen molar-refractivity contribution in [3.05, 3.63) is 39.9 Å². The van der Waals surface area contributed by atoms with Gasteiger partial charge in [0, 0.05) is 10.0 Å². The van der Waals surface area contributed by atoms with Crippen LogP contribution in [0.25, 0.3) is 6.08 Å². The molecule has 74 valence electrons. The van der Waals surface area contributed by atoms with Gasteiger partial charge in [0.15, 0.2) is 0 Å². The Bertz CT molecular complexity index is 348. The third-order valence-corrected chi connectivity index (χ3v) is 2.08. The van der Waals surface area contributed by atoms with Crippen LogP contribution in [-0.2, 0) is 9.53 Å². The molecular weight excluding hydrogens is 223 g/mol. The van der Waals surface area contributed by atoms with E-state index < -0.39 is 0 Å². The lowest BCUT2D eigenvalue weighted by Gasteiger charge is -1.98. The van der Waals surface area contributed by atoms with Crippen molar-refractivity contribution >= 4 is 35.8 Å². The first kappa shape index (κ1) is 11.1. The third-order valence-electron chi connectivity index (χ3n) is 1.52. The van der Waals surface area contributed by atoms with E-state index in [1.165, 1.54) is 0 Å². The van der Waals surface area contributed by atoms with Gasteiger partial charge < -0.3 is 4.74 Å². The van der Waals surface area contributed by atoms with Crippen LogP contribution in [0, 0.1) is 0 Å². The third kappa shape index (κ3) is 3.40. The molecule has 0 aromatic heterocycles. The summed E-state index contributed by atoms with van der Waals surface area (Å²) in [5.41, 5.74) is 0.838. The average molecular weight is 231 g/mol. The van der Waals surface area contributed by atoms with Crippen LogP contribution in [0.2, 0.25) is 10.0 Å². The number of benzene rings is 1. The first-order chi connectivity index (χ1) is 6.74. The van der Waals surface area contributed by atoms with E-state index in [4.69, 9.17) is 23.2 Å². The molecule has 0 amide bonds. The molecule has 0 aliphatic carbocycles. The standard InChI is InChI=1S/C10H8Cl2O2/c11-9-4-3-8(10(12)6-9)2-1-5-14-7-13/h1-4,6-7H,5H2. The maximum atomic E-state index is 9.83. The minimum atomic E-state index is 0.239. The monoisotopic (exact) mass is 230 g/mol. The lowest BCUT2D eigenvalue weighted by atomic mass is 10.2. The minimum Gasteiger partial charge on any atom is -0.464 e. The lowest BCUT2D eigenvalue weighted by Crippen LogP contribution is -1.85. The van der Waals surface area contributed by atoms with Crippen molar-refractivity contribution in [2.45, 2.75) is 0 Å². The van der Waals surface area contributed by atoms with Crippen LogP contribution in [0.5, 0.6) is 0 Å². The second-order valence-electron chi connectivity index (χ2n) is 2.50. The summed E-state index contributed by atoms with van der Waals surface area (Å²) >= 11 is 11.6. The molecule has 0 heterocycles. The van der Waals surface area contributed by atoms with Crippen molar-refractivity contribution in [2.75, 3.05) is 6.61 Å². The molecule has 1 rings (SSSR count). The summed E-state index contributed by atoms with van der Waals surface area (Å²) in [6, 6.07) is 5.19. The highest BCUT2D eigenvalue weighted by molar-refractivity contribution is 6.35. The molecule has 0 bridgehead atoms. The molecule has 0 saturated carbocycles. The van der Waals surface area contributed by atoms with Gasteiger partial charge in [0.25, 0.3) is 6.47 Å². The van der Waals surface area contributed by atoms with Crippen molar-refractivity contribution in [2.24, 2.45) is 0 Å². The molecule has 0 unspecified atom stereocenters. The fourth-order valence-electron chi connectivity index (χ4n) is 0.907. The second-order valence-corrected chi connectivity index (χ2v) is 3.34. The molecule has 0 spiro atoms. The Balaban J connectivity index is 2.67. The van der Waals surface area contributed by atoms with Crippen molar-refractivity contribution in [3.8, 4) is 0 Å². The number of carbonyl (C=O) groups excluding carboxylic acids is 1. The number of ether oxygens (including phenoxy) is 1. The van der Waals surface area contributed by atoms with Gasteiger partial charge >= 0.3 is 0 Å². The van der Waals surface area contributed by atoms with Gasteiger partial charge in [-0.05, 0) is 23.8 Å². The highest BCUT2D eigenvalue weighted by Gasteiger charge is 1.96. The van der Waals surface area contributed by atoms with Gasteiger partial charge in [0.05, 0.1) is 0 Å². The largest absolute Gasteiger partial charge is 0.464 e. The van der Waals surface area contributed by atoms with Crippen LogP contribution in [0.15, 0.2) is 24.3 Å². The molecule has 1 aromatic rings. The molecule has 0 radical (unpaired) electrons. The van der Waals surface area contributed by atoms with E-state index in [1.807, 2.05) is 0 Å². The SMILES string of the molecule is O=COCC=Cc1ccc(Cl)cc1Cl. The molecule has 0 aliphatic rings. The van der Waals surface area contributed by atoms with Crippen LogP contribution >= 0.6 is 23.2 Å². The highest BCUT2D eigenvalue weighted by Crippen LogP contribution is 2.21. The van der Waals surface area contributed by atoms with E-state index in [1.54, 1.807) is 30.4 Å². The maximum absolute atomic E-state index is 9.83. The molecule has 0 aliphatic heterocycles. The number of rotatable bonds is 4. The summed E-state index contributed by atoms with van der Waals surface area (Å²) in [6.07, 6.45) is 3.46. The van der Waals surface area contributed by atoms with Crippen LogP contribution in [-0.4, -0.2) is 13.1 Å². The number of carbonyl (C=O) groups is 1. The zero-order valence-electron chi connectivity index (χ0n) is 7.24. The molecule has 4 heteroatoms. The van der Waals surface area contributed by atoms with E-state index in [0.29, 0.717) is 16.5 Å². The Morgan fingerprint density at radius 3 is 2.79 bits per heavy atom. The lowest BCUT2D eigenvalue weighted by molar-refractivity contribution is -0.127. The van der Waals surface area contributed by atoms with Gasteiger partial charge in [-0.1, -0.05) is 35.3 Å². The predicted molar refractivity (Wildman–Crippen MR) is 57.5 cm³/mol. The minimum absolute atomic E-state index is 0.239. The summed E-state index contributed by atoms with van der Waals surface area (Å²) < 4.78 is 4.48. The number of hydrogen-bond acceptors (Lipinski definition) is 2. The molecule has 0 saturated heterocycles. The normalized spacial score (nSPS) is 10.4. The summed E-state index contributed by atoms with van der Waals surface area (Å²) in [5, 5.41) is 1.16. The van der Waals surface area contributed by atoms with Crippen molar-refractivity contribution in [1.82, 2.24) is 0 Å². The van der Waals surface area contributed by atoms with Gasteiger partial charge in [0.2, 0.25) is 0 Å². The fraction of sp³-hybridized carbons (Fsp3) is 0.100. The zero-order chi connectivity index (χ0) is 10.4. The summed E-state index contributed by atoms with van der Waals surface area (Å²) in [4.78, 5) is 9.83.